The molecule has 1 aliphatic heterocycles. The number of nitrogen functional groups attached to an aromatic ring is 1. The van der Waals surface area contributed by atoms with E-state index in [9.17, 15) is 9.90 Å². The number of anilines is 1. The first-order chi connectivity index (χ1) is 18.8. The summed E-state index contributed by atoms with van der Waals surface area (Å²) in [5.74, 6) is -0.818. The summed E-state index contributed by atoms with van der Waals surface area (Å²) in [6, 6.07) is 0. The van der Waals surface area contributed by atoms with Crippen LogP contribution in [-0.2, 0) is 13.6 Å². The molecule has 12 nitrogen and oxygen atoms in total. The number of hydrogen-bond donors (Lipinski definition) is 2. The molecule has 0 amide bonds. The number of aromatic carboxylic acids is 1. The highest BCUT2D eigenvalue weighted by Gasteiger charge is 2.54. The Morgan fingerprint density at radius 2 is 1.63 bits per heavy atom. The van der Waals surface area contributed by atoms with Gasteiger partial charge in [-0.25, -0.2) is 14.5 Å². The molecule has 0 spiro atoms. The van der Waals surface area contributed by atoms with Crippen LogP contribution in [0.25, 0.3) is 17.1 Å². The van der Waals surface area contributed by atoms with Crippen LogP contribution in [0, 0.1) is 0 Å². The van der Waals surface area contributed by atoms with Crippen molar-refractivity contribution in [3.63, 3.8) is 0 Å². The van der Waals surface area contributed by atoms with E-state index in [4.69, 9.17) is 24.3 Å². The van der Waals surface area contributed by atoms with Crippen LogP contribution in [0.3, 0.4) is 0 Å². The molecule has 1 aliphatic rings. The quantitative estimate of drug-likeness (QED) is 0.321. The second kappa shape index (κ2) is 10.6. The van der Waals surface area contributed by atoms with Crippen LogP contribution in [-0.4, -0.2) is 75.3 Å². The highest BCUT2D eigenvalue weighted by Crippen LogP contribution is 2.46. The van der Waals surface area contributed by atoms with Crippen molar-refractivity contribution in [1.82, 2.24) is 29.3 Å². The van der Waals surface area contributed by atoms with Crippen molar-refractivity contribution >= 4 is 39.6 Å². The first-order valence-electron chi connectivity index (χ1n) is 14.1. The zero-order valence-electron chi connectivity index (χ0n) is 26.1. The molecule has 0 aromatic carbocycles. The van der Waals surface area contributed by atoms with Crippen LogP contribution >= 0.6 is 0 Å². The average Bonchev–Trinajstić information content (AvgIpc) is 3.55. The van der Waals surface area contributed by atoms with Gasteiger partial charge in [0.25, 0.3) is 5.95 Å². The number of aromatic nitrogens is 6. The van der Waals surface area contributed by atoms with Gasteiger partial charge in [0, 0.05) is 6.20 Å². The monoisotopic (exact) mass is 603 g/mol. The van der Waals surface area contributed by atoms with Gasteiger partial charge < -0.3 is 24.4 Å². The van der Waals surface area contributed by atoms with Crippen molar-refractivity contribution in [2.45, 2.75) is 116 Å². The minimum atomic E-state index is -2.29. The standard InChI is InChI=1S/C27H45N7O5Si2/c1-12-17-19(38-40(8,9)26(2,3)4)20(39-41(10,11)27(5,6)7)23(37-17)33-15-29-18-21(28)31-25(32-22(18)33)34-14-16(13-30-34)24(35)36/h13-15,17,19-20,23H,12H2,1-11H3,(H,35,36)(H2,28,31,32)/t17?,19-,20-,23?/m1/s1. The number of nitrogens with zero attached hydrogens (tertiary/aromatic N) is 6. The molecular formula is C27H45N7O5Si2. The Kier molecular flexibility index (Phi) is 8.06. The van der Waals surface area contributed by atoms with Crippen molar-refractivity contribution in [3.8, 4) is 5.95 Å². The largest absolute Gasteiger partial charge is 0.478 e. The molecule has 0 aliphatic carbocycles. The normalized spacial score (nSPS) is 22.5. The van der Waals surface area contributed by atoms with Gasteiger partial charge >= 0.3 is 5.97 Å². The van der Waals surface area contributed by atoms with Crippen LogP contribution in [0.15, 0.2) is 18.7 Å². The zero-order chi connectivity index (χ0) is 30.7. The van der Waals surface area contributed by atoms with Crippen LogP contribution in [0.1, 0.15) is 71.5 Å². The van der Waals surface area contributed by atoms with E-state index in [1.165, 1.54) is 17.1 Å². The number of hydrogen-bond acceptors (Lipinski definition) is 9. The number of rotatable bonds is 8. The molecule has 4 rings (SSSR count). The minimum absolute atomic E-state index is 0.00174. The fourth-order valence-corrected chi connectivity index (χ4v) is 6.92. The SMILES string of the molecule is CCC1OC(n2cnc3c(N)nc(-n4cc(C(=O)O)cn4)nc32)[C@H](O[Si](C)(C)C(C)(C)C)[C@@H]1O[Si](C)(C)C(C)(C)C. The lowest BCUT2D eigenvalue weighted by atomic mass is 10.1. The van der Waals surface area contributed by atoms with Gasteiger partial charge in [0.05, 0.1) is 24.2 Å². The Balaban J connectivity index is 1.84. The molecule has 0 bridgehead atoms. The van der Waals surface area contributed by atoms with E-state index in [0.717, 1.165) is 6.42 Å². The van der Waals surface area contributed by atoms with Crippen molar-refractivity contribution < 1.29 is 23.5 Å². The highest BCUT2D eigenvalue weighted by atomic mass is 28.4. The van der Waals surface area contributed by atoms with Crippen molar-refractivity contribution in [3.05, 3.63) is 24.3 Å². The summed E-state index contributed by atoms with van der Waals surface area (Å²) in [5.41, 5.74) is 7.18. The first-order valence-corrected chi connectivity index (χ1v) is 19.9. The fraction of sp³-hybridized carbons (Fsp3) is 0.667. The lowest BCUT2D eigenvalue weighted by Crippen LogP contribution is -2.53. The van der Waals surface area contributed by atoms with Gasteiger partial charge in [-0.3, -0.25) is 4.57 Å². The number of carboxylic acids is 1. The maximum Gasteiger partial charge on any atom is 0.338 e. The molecular weight excluding hydrogens is 559 g/mol. The molecule has 4 heterocycles. The van der Waals surface area contributed by atoms with Crippen molar-refractivity contribution in [1.29, 1.82) is 0 Å². The zero-order valence-corrected chi connectivity index (χ0v) is 28.1. The van der Waals surface area contributed by atoms with Gasteiger partial charge in [-0.15, -0.1) is 0 Å². The predicted octanol–water partition coefficient (Wildman–Crippen LogP) is 5.38. The topological polar surface area (TPSA) is 152 Å². The molecule has 0 saturated carbocycles. The van der Waals surface area contributed by atoms with Gasteiger partial charge in [0.2, 0.25) is 0 Å². The van der Waals surface area contributed by atoms with Crippen LogP contribution in [0.5, 0.6) is 0 Å². The minimum Gasteiger partial charge on any atom is -0.478 e. The molecule has 41 heavy (non-hydrogen) atoms. The number of carbonyl (C=O) groups is 1. The van der Waals surface area contributed by atoms with Crippen LogP contribution in [0.4, 0.5) is 5.82 Å². The molecule has 3 aromatic rings. The summed E-state index contributed by atoms with van der Waals surface area (Å²) in [5, 5.41) is 13.4. The summed E-state index contributed by atoms with van der Waals surface area (Å²) < 4.78 is 24.1. The Labute approximate surface area is 243 Å². The molecule has 1 saturated heterocycles. The predicted molar refractivity (Wildman–Crippen MR) is 162 cm³/mol. The van der Waals surface area contributed by atoms with Crippen LogP contribution in [0.2, 0.25) is 36.3 Å². The average molecular weight is 604 g/mol. The van der Waals surface area contributed by atoms with Gasteiger partial charge in [0.15, 0.2) is 34.3 Å². The van der Waals surface area contributed by atoms with Gasteiger partial charge in [-0.05, 0) is 42.7 Å². The lowest BCUT2D eigenvalue weighted by molar-refractivity contribution is -0.0324. The molecule has 1 fully saturated rings. The Bertz CT molecular complexity index is 1420. The van der Waals surface area contributed by atoms with Crippen molar-refractivity contribution in [2.75, 3.05) is 5.73 Å². The molecule has 3 N–H and O–H groups in total. The van der Waals surface area contributed by atoms with Gasteiger partial charge in [-0.2, -0.15) is 15.1 Å². The summed E-state index contributed by atoms with van der Waals surface area (Å²) in [4.78, 5) is 25.0. The fourth-order valence-electron chi connectivity index (χ4n) is 4.32. The molecule has 14 heteroatoms. The van der Waals surface area contributed by atoms with E-state index in [1.807, 2.05) is 4.57 Å². The van der Waals surface area contributed by atoms with E-state index in [1.54, 1.807) is 6.33 Å². The maximum atomic E-state index is 11.4. The van der Waals surface area contributed by atoms with Gasteiger partial charge in [-0.1, -0.05) is 48.5 Å². The summed E-state index contributed by atoms with van der Waals surface area (Å²) in [7, 11) is -4.49. The van der Waals surface area contributed by atoms with Crippen molar-refractivity contribution in [2.24, 2.45) is 0 Å². The lowest BCUT2D eigenvalue weighted by Gasteiger charge is -2.44. The number of ether oxygens (including phenoxy) is 1. The highest BCUT2D eigenvalue weighted by molar-refractivity contribution is 6.74. The number of fused-ring (bicyclic) bond motifs is 1. The number of imidazole rings is 1. The van der Waals surface area contributed by atoms with E-state index in [0.29, 0.717) is 11.2 Å². The first kappa shape index (κ1) is 31.3. The summed E-state index contributed by atoms with van der Waals surface area (Å²) in [6.45, 7) is 24.4. The molecule has 226 valence electrons. The second-order valence-electron chi connectivity index (χ2n) is 13.9. The maximum absolute atomic E-state index is 11.4. The van der Waals surface area contributed by atoms with E-state index < -0.39 is 34.9 Å². The second-order valence-corrected chi connectivity index (χ2v) is 23.4. The van der Waals surface area contributed by atoms with E-state index >= 15 is 0 Å². The molecule has 3 aromatic heterocycles. The Morgan fingerprint density at radius 1 is 1.05 bits per heavy atom. The Morgan fingerprint density at radius 3 is 2.15 bits per heavy atom. The molecule has 4 atom stereocenters. The van der Waals surface area contributed by atoms with Crippen LogP contribution < -0.4 is 5.73 Å². The van der Waals surface area contributed by atoms with E-state index in [-0.39, 0.29) is 39.6 Å². The number of carboxylic acid groups (broad SMARTS) is 1. The Hall–Kier alpha value is -2.66. The third kappa shape index (κ3) is 5.84. The molecule has 0 radical (unpaired) electrons. The third-order valence-electron chi connectivity index (χ3n) is 8.91. The number of nitrogens with two attached hydrogens (primary N) is 1. The summed E-state index contributed by atoms with van der Waals surface area (Å²) >= 11 is 0. The smallest absolute Gasteiger partial charge is 0.338 e. The molecule has 2 unspecified atom stereocenters. The van der Waals surface area contributed by atoms with E-state index in [2.05, 4.69) is 89.7 Å². The van der Waals surface area contributed by atoms with Gasteiger partial charge in [0.1, 0.15) is 17.7 Å². The third-order valence-corrected chi connectivity index (χ3v) is 17.9. The summed E-state index contributed by atoms with van der Waals surface area (Å²) in [6.07, 6.45) is 3.48.